The maximum absolute atomic E-state index is 13.6. The molecule has 1 fully saturated rings. The van der Waals surface area contributed by atoms with Crippen LogP contribution in [0.3, 0.4) is 0 Å². The van der Waals surface area contributed by atoms with Crippen LogP contribution in [0.4, 0.5) is 10.2 Å². The highest BCUT2D eigenvalue weighted by molar-refractivity contribution is 5.91. The summed E-state index contributed by atoms with van der Waals surface area (Å²) in [4.78, 5) is 27.2. The van der Waals surface area contributed by atoms with E-state index in [1.807, 2.05) is 54.6 Å². The van der Waals surface area contributed by atoms with E-state index in [-0.39, 0.29) is 11.7 Å². The zero-order valence-corrected chi connectivity index (χ0v) is 22.1. The highest BCUT2D eigenvalue weighted by Gasteiger charge is 2.18. The van der Waals surface area contributed by atoms with E-state index in [1.165, 1.54) is 12.1 Å². The summed E-state index contributed by atoms with van der Waals surface area (Å²) < 4.78 is 19.1. The number of para-hydroxylation sites is 1. The first-order chi connectivity index (χ1) is 19.2. The van der Waals surface area contributed by atoms with Crippen molar-refractivity contribution >= 4 is 22.6 Å². The summed E-state index contributed by atoms with van der Waals surface area (Å²) in [5.41, 5.74) is 2.63. The van der Waals surface area contributed by atoms with Crippen LogP contribution in [-0.2, 0) is 16.1 Å². The van der Waals surface area contributed by atoms with Gasteiger partial charge in [-0.05, 0) is 48.4 Å². The van der Waals surface area contributed by atoms with Crippen molar-refractivity contribution in [1.29, 1.82) is 0 Å². The van der Waals surface area contributed by atoms with Crippen LogP contribution in [0, 0.1) is 5.82 Å². The number of halogens is 1. The van der Waals surface area contributed by atoms with Crippen LogP contribution in [0.15, 0.2) is 78.9 Å². The lowest BCUT2D eigenvalue weighted by molar-refractivity contribution is -0.121. The van der Waals surface area contributed by atoms with Crippen molar-refractivity contribution in [1.82, 2.24) is 20.2 Å². The second kappa shape index (κ2) is 13.3. The summed E-state index contributed by atoms with van der Waals surface area (Å²) >= 11 is 0. The molecule has 0 aliphatic carbocycles. The van der Waals surface area contributed by atoms with Gasteiger partial charge in [0, 0.05) is 56.6 Å². The lowest BCUT2D eigenvalue weighted by Gasteiger charge is -2.29. The van der Waals surface area contributed by atoms with Gasteiger partial charge in [0.2, 0.25) is 5.91 Å². The van der Waals surface area contributed by atoms with E-state index in [9.17, 15) is 9.18 Å². The maximum Gasteiger partial charge on any atom is 0.222 e. The smallest absolute Gasteiger partial charge is 0.222 e. The normalized spacial score (nSPS) is 13.9. The predicted octanol–water partition coefficient (Wildman–Crippen LogP) is 4.67. The lowest BCUT2D eigenvalue weighted by atomic mass is 10.1. The molecule has 0 unspecified atom stereocenters. The Hall–Kier alpha value is -3.88. The number of fused-ring (bicyclic) bond motifs is 1. The Balaban J connectivity index is 1.37. The first-order valence-corrected chi connectivity index (χ1v) is 13.5. The van der Waals surface area contributed by atoms with Gasteiger partial charge in [0.05, 0.1) is 18.7 Å². The van der Waals surface area contributed by atoms with Crippen molar-refractivity contribution < 1.29 is 13.9 Å². The largest absolute Gasteiger partial charge is 0.379 e. The van der Waals surface area contributed by atoms with Gasteiger partial charge in [0.15, 0.2) is 5.82 Å². The van der Waals surface area contributed by atoms with E-state index >= 15 is 0 Å². The molecule has 3 aromatic carbocycles. The average Bonchev–Trinajstić information content (AvgIpc) is 2.99. The molecule has 39 heavy (non-hydrogen) atoms. The van der Waals surface area contributed by atoms with Crippen LogP contribution < -0.4 is 10.2 Å². The summed E-state index contributed by atoms with van der Waals surface area (Å²) in [6, 6.07) is 24.1. The number of carbonyl (C=O) groups excluding carboxylic acids is 1. The third-order valence-corrected chi connectivity index (χ3v) is 6.93. The number of anilines is 1. The molecule has 8 heteroatoms. The minimum Gasteiger partial charge on any atom is -0.379 e. The SMILES string of the molecule is O=C(CCN(CCCN1CCOCC1)c1nc(-c2ccc(F)cc2)nc2ccccc12)NCc1ccccc1. The second-order valence-electron chi connectivity index (χ2n) is 9.70. The highest BCUT2D eigenvalue weighted by atomic mass is 19.1. The number of hydrogen-bond donors (Lipinski definition) is 1. The standard InChI is InChI=1S/C31H34FN5O2/c32-26-13-11-25(12-14-26)30-34-28-10-5-4-9-27(28)31(35-30)37(17-6-16-36-19-21-39-22-20-36)18-15-29(38)33-23-24-7-2-1-3-8-24/h1-5,7-14H,6,15-23H2,(H,33,38). The van der Waals surface area contributed by atoms with E-state index in [4.69, 9.17) is 14.7 Å². The number of carbonyl (C=O) groups is 1. The number of aromatic nitrogens is 2. The first-order valence-electron chi connectivity index (χ1n) is 13.5. The van der Waals surface area contributed by atoms with Gasteiger partial charge in [-0.1, -0.05) is 42.5 Å². The average molecular weight is 528 g/mol. The fourth-order valence-electron chi connectivity index (χ4n) is 4.78. The topological polar surface area (TPSA) is 70.6 Å². The van der Waals surface area contributed by atoms with E-state index in [0.717, 1.165) is 73.7 Å². The number of amides is 1. The number of nitrogens with one attached hydrogen (secondary N) is 1. The lowest BCUT2D eigenvalue weighted by Crippen LogP contribution is -2.39. The Bertz CT molecular complexity index is 1360. The highest BCUT2D eigenvalue weighted by Crippen LogP contribution is 2.28. The third kappa shape index (κ3) is 7.37. The molecule has 1 N–H and O–H groups in total. The molecule has 202 valence electrons. The van der Waals surface area contributed by atoms with Crippen molar-refractivity contribution in [3.63, 3.8) is 0 Å². The molecule has 2 heterocycles. The van der Waals surface area contributed by atoms with Crippen LogP contribution in [0.25, 0.3) is 22.3 Å². The van der Waals surface area contributed by atoms with Gasteiger partial charge in [-0.15, -0.1) is 0 Å². The van der Waals surface area contributed by atoms with Crippen molar-refractivity contribution in [2.45, 2.75) is 19.4 Å². The van der Waals surface area contributed by atoms with Gasteiger partial charge in [-0.25, -0.2) is 14.4 Å². The molecule has 7 nitrogen and oxygen atoms in total. The van der Waals surface area contributed by atoms with Crippen LogP contribution in [0.1, 0.15) is 18.4 Å². The Kier molecular flexibility index (Phi) is 9.09. The van der Waals surface area contributed by atoms with Gasteiger partial charge in [-0.2, -0.15) is 0 Å². The second-order valence-corrected chi connectivity index (χ2v) is 9.70. The molecule has 4 aromatic rings. The molecule has 1 aromatic heterocycles. The summed E-state index contributed by atoms with van der Waals surface area (Å²) in [5.74, 6) is 1.02. The number of ether oxygens (including phenoxy) is 1. The Morgan fingerprint density at radius 1 is 0.923 bits per heavy atom. The van der Waals surface area contributed by atoms with Gasteiger partial charge in [0.1, 0.15) is 11.6 Å². The minimum atomic E-state index is -0.300. The number of nitrogens with zero attached hydrogens (tertiary/aromatic N) is 4. The van der Waals surface area contributed by atoms with Crippen molar-refractivity contribution in [3.05, 3.63) is 90.2 Å². The molecule has 0 radical (unpaired) electrons. The zero-order chi connectivity index (χ0) is 26.9. The number of rotatable bonds is 11. The molecule has 1 aliphatic rings. The van der Waals surface area contributed by atoms with Gasteiger partial charge >= 0.3 is 0 Å². The number of morpholine rings is 1. The monoisotopic (exact) mass is 527 g/mol. The van der Waals surface area contributed by atoms with Crippen LogP contribution in [0.5, 0.6) is 0 Å². The van der Waals surface area contributed by atoms with Crippen LogP contribution in [0.2, 0.25) is 0 Å². The first kappa shape index (κ1) is 26.7. The summed E-state index contributed by atoms with van der Waals surface area (Å²) in [6.45, 7) is 6.13. The molecule has 1 aliphatic heterocycles. The number of hydrogen-bond acceptors (Lipinski definition) is 6. The van der Waals surface area contributed by atoms with E-state index in [1.54, 1.807) is 12.1 Å². The van der Waals surface area contributed by atoms with E-state index in [0.29, 0.717) is 25.3 Å². The van der Waals surface area contributed by atoms with Crippen molar-refractivity contribution in [2.75, 3.05) is 50.8 Å². The molecule has 0 spiro atoms. The molecule has 0 atom stereocenters. The summed E-state index contributed by atoms with van der Waals surface area (Å²) in [5, 5.41) is 3.97. The third-order valence-electron chi connectivity index (χ3n) is 6.93. The van der Waals surface area contributed by atoms with Gasteiger partial charge < -0.3 is 15.0 Å². The van der Waals surface area contributed by atoms with Gasteiger partial charge in [0.25, 0.3) is 0 Å². The number of benzene rings is 3. The fraction of sp³-hybridized carbons (Fsp3) is 0.323. The maximum atomic E-state index is 13.6. The van der Waals surface area contributed by atoms with E-state index < -0.39 is 0 Å². The zero-order valence-electron chi connectivity index (χ0n) is 22.1. The van der Waals surface area contributed by atoms with Crippen LogP contribution >= 0.6 is 0 Å². The Morgan fingerprint density at radius 3 is 2.46 bits per heavy atom. The molecule has 1 amide bonds. The molecule has 0 bridgehead atoms. The van der Waals surface area contributed by atoms with Gasteiger partial charge in [-0.3, -0.25) is 9.69 Å². The molecular formula is C31H34FN5O2. The summed E-state index contributed by atoms with van der Waals surface area (Å²) in [6.07, 6.45) is 1.27. The van der Waals surface area contributed by atoms with Crippen molar-refractivity contribution in [3.8, 4) is 11.4 Å². The molecule has 1 saturated heterocycles. The quantitative estimate of drug-likeness (QED) is 0.306. The van der Waals surface area contributed by atoms with Crippen LogP contribution in [-0.4, -0.2) is 66.7 Å². The van der Waals surface area contributed by atoms with Crippen molar-refractivity contribution in [2.24, 2.45) is 0 Å². The minimum absolute atomic E-state index is 0.00541. The fourth-order valence-corrected chi connectivity index (χ4v) is 4.78. The molecule has 5 rings (SSSR count). The molecule has 0 saturated carbocycles. The van der Waals surface area contributed by atoms with E-state index in [2.05, 4.69) is 15.1 Å². The molecular weight excluding hydrogens is 493 g/mol. The Labute approximate surface area is 228 Å². The summed E-state index contributed by atoms with van der Waals surface area (Å²) in [7, 11) is 0. The predicted molar refractivity (Wildman–Crippen MR) is 152 cm³/mol. The Morgan fingerprint density at radius 2 is 1.67 bits per heavy atom.